The van der Waals surface area contributed by atoms with Gasteiger partial charge in [0.25, 0.3) is 0 Å². The quantitative estimate of drug-likeness (QED) is 0.756. The molecule has 5 nitrogen and oxygen atoms in total. The van der Waals surface area contributed by atoms with E-state index in [1.807, 2.05) is 24.3 Å². The molecule has 0 amide bonds. The molecule has 2 aromatic rings. The number of carboxylic acids is 1. The molecule has 2 aromatic carbocycles. The molecule has 0 bridgehead atoms. The third kappa shape index (κ3) is 5.77. The monoisotopic (exact) mass is 358 g/mol. The van der Waals surface area contributed by atoms with Crippen molar-refractivity contribution in [2.24, 2.45) is 0 Å². The molecule has 140 valence electrons. The lowest BCUT2D eigenvalue weighted by atomic mass is 9.87. The van der Waals surface area contributed by atoms with E-state index >= 15 is 0 Å². The molecule has 0 heterocycles. The SMILES string of the molecule is CC(C)(C)c1ccc(OC(Cc2ccc(OCCO)cc2)C(=O)O)cc1. The first-order valence-corrected chi connectivity index (χ1v) is 8.62. The van der Waals surface area contributed by atoms with E-state index in [0.717, 1.165) is 11.1 Å². The van der Waals surface area contributed by atoms with Gasteiger partial charge in [0.05, 0.1) is 6.61 Å². The van der Waals surface area contributed by atoms with Gasteiger partial charge in [-0.15, -0.1) is 0 Å². The number of aliphatic hydroxyl groups is 1. The molecule has 1 atom stereocenters. The van der Waals surface area contributed by atoms with E-state index in [1.165, 1.54) is 0 Å². The van der Waals surface area contributed by atoms with Crippen molar-refractivity contribution in [2.75, 3.05) is 13.2 Å². The van der Waals surface area contributed by atoms with E-state index in [9.17, 15) is 9.90 Å². The number of benzene rings is 2. The lowest BCUT2D eigenvalue weighted by Crippen LogP contribution is -2.29. The summed E-state index contributed by atoms with van der Waals surface area (Å²) in [5, 5.41) is 18.2. The van der Waals surface area contributed by atoms with Crippen molar-refractivity contribution in [3.63, 3.8) is 0 Å². The smallest absolute Gasteiger partial charge is 0.345 e. The first-order valence-electron chi connectivity index (χ1n) is 8.62. The summed E-state index contributed by atoms with van der Waals surface area (Å²) in [6, 6.07) is 14.6. The van der Waals surface area contributed by atoms with Crippen molar-refractivity contribution in [1.82, 2.24) is 0 Å². The van der Waals surface area contributed by atoms with Crippen LogP contribution in [0.25, 0.3) is 0 Å². The Bertz CT molecular complexity index is 699. The predicted molar refractivity (Wildman–Crippen MR) is 99.9 cm³/mol. The van der Waals surface area contributed by atoms with Gasteiger partial charge in [-0.3, -0.25) is 0 Å². The van der Waals surface area contributed by atoms with Gasteiger partial charge in [0, 0.05) is 6.42 Å². The zero-order chi connectivity index (χ0) is 19.2. The maximum atomic E-state index is 11.6. The van der Waals surface area contributed by atoms with Crippen molar-refractivity contribution in [2.45, 2.75) is 38.7 Å². The summed E-state index contributed by atoms with van der Waals surface area (Å²) in [5.41, 5.74) is 2.03. The average molecular weight is 358 g/mol. The van der Waals surface area contributed by atoms with Gasteiger partial charge in [-0.2, -0.15) is 0 Å². The molecule has 0 fully saturated rings. The zero-order valence-electron chi connectivity index (χ0n) is 15.4. The summed E-state index contributed by atoms with van der Waals surface area (Å²) in [4.78, 5) is 11.6. The summed E-state index contributed by atoms with van der Waals surface area (Å²) < 4.78 is 11.0. The van der Waals surface area contributed by atoms with Crippen LogP contribution in [0.4, 0.5) is 0 Å². The normalized spacial score (nSPS) is 12.5. The highest BCUT2D eigenvalue weighted by Gasteiger charge is 2.21. The van der Waals surface area contributed by atoms with Crippen molar-refractivity contribution in [3.05, 3.63) is 59.7 Å². The Morgan fingerprint density at radius 1 is 1.00 bits per heavy atom. The van der Waals surface area contributed by atoms with Gasteiger partial charge < -0.3 is 19.7 Å². The van der Waals surface area contributed by atoms with Crippen LogP contribution in [-0.4, -0.2) is 35.5 Å². The average Bonchev–Trinajstić information content (AvgIpc) is 2.60. The fourth-order valence-corrected chi connectivity index (χ4v) is 2.48. The maximum absolute atomic E-state index is 11.6. The van der Waals surface area contributed by atoms with Crippen LogP contribution in [0.3, 0.4) is 0 Å². The standard InChI is InChI=1S/C21H26O5/c1-21(2,3)16-6-10-18(11-7-16)26-19(20(23)24)14-15-4-8-17(9-5-15)25-13-12-22/h4-11,19,22H,12-14H2,1-3H3,(H,23,24). The number of aliphatic hydroxyl groups excluding tert-OH is 1. The highest BCUT2D eigenvalue weighted by Crippen LogP contribution is 2.25. The second-order valence-corrected chi connectivity index (χ2v) is 7.14. The van der Waals surface area contributed by atoms with Gasteiger partial charge in [0.1, 0.15) is 18.1 Å². The van der Waals surface area contributed by atoms with Crippen LogP contribution in [-0.2, 0) is 16.6 Å². The summed E-state index contributed by atoms with van der Waals surface area (Å²) >= 11 is 0. The van der Waals surface area contributed by atoms with E-state index in [4.69, 9.17) is 14.6 Å². The topological polar surface area (TPSA) is 76.0 Å². The first-order chi connectivity index (χ1) is 12.3. The molecule has 5 heteroatoms. The predicted octanol–water partition coefficient (Wildman–Crippen LogP) is 3.43. The van der Waals surface area contributed by atoms with Crippen molar-refractivity contribution >= 4 is 5.97 Å². The molecule has 0 spiro atoms. The molecule has 0 aliphatic rings. The number of hydrogen-bond donors (Lipinski definition) is 2. The molecule has 0 aromatic heterocycles. The molecule has 0 aliphatic heterocycles. The third-order valence-electron chi connectivity index (χ3n) is 3.98. The minimum atomic E-state index is -1.01. The summed E-state index contributed by atoms with van der Waals surface area (Å²) in [7, 11) is 0. The van der Waals surface area contributed by atoms with Crippen molar-refractivity contribution in [1.29, 1.82) is 0 Å². The fraction of sp³-hybridized carbons (Fsp3) is 0.381. The van der Waals surface area contributed by atoms with Crippen LogP contribution < -0.4 is 9.47 Å². The van der Waals surface area contributed by atoms with Crippen LogP contribution in [0.1, 0.15) is 31.9 Å². The van der Waals surface area contributed by atoms with Crippen LogP contribution in [0.2, 0.25) is 0 Å². The summed E-state index contributed by atoms with van der Waals surface area (Å²) in [5.74, 6) is 0.159. The van der Waals surface area contributed by atoms with Crippen LogP contribution >= 0.6 is 0 Å². The second-order valence-electron chi connectivity index (χ2n) is 7.14. The molecule has 1 unspecified atom stereocenters. The van der Waals surface area contributed by atoms with Gasteiger partial charge in [0.15, 0.2) is 6.10 Å². The van der Waals surface area contributed by atoms with E-state index in [1.54, 1.807) is 24.3 Å². The van der Waals surface area contributed by atoms with Crippen molar-refractivity contribution in [3.8, 4) is 11.5 Å². The van der Waals surface area contributed by atoms with Crippen LogP contribution in [0.15, 0.2) is 48.5 Å². The highest BCUT2D eigenvalue weighted by molar-refractivity contribution is 5.73. The molecular weight excluding hydrogens is 332 g/mol. The van der Waals surface area contributed by atoms with Gasteiger partial charge >= 0.3 is 5.97 Å². The molecule has 2 N–H and O–H groups in total. The van der Waals surface area contributed by atoms with Gasteiger partial charge in [-0.1, -0.05) is 45.0 Å². The molecule has 0 aliphatic carbocycles. The molecule has 0 radical (unpaired) electrons. The van der Waals surface area contributed by atoms with Gasteiger partial charge in [-0.25, -0.2) is 4.79 Å². The number of carboxylic acid groups (broad SMARTS) is 1. The van der Waals surface area contributed by atoms with E-state index in [2.05, 4.69) is 20.8 Å². The Hall–Kier alpha value is -2.53. The van der Waals surface area contributed by atoms with Crippen LogP contribution in [0, 0.1) is 0 Å². The minimum Gasteiger partial charge on any atom is -0.491 e. The Morgan fingerprint density at radius 2 is 1.58 bits per heavy atom. The lowest BCUT2D eigenvalue weighted by Gasteiger charge is -2.20. The minimum absolute atomic E-state index is 0.0323. The number of rotatable bonds is 8. The number of ether oxygens (including phenoxy) is 2. The Morgan fingerprint density at radius 3 is 2.08 bits per heavy atom. The van der Waals surface area contributed by atoms with Crippen molar-refractivity contribution < 1.29 is 24.5 Å². The Labute approximate surface area is 154 Å². The largest absolute Gasteiger partial charge is 0.491 e. The van der Waals surface area contributed by atoms with Gasteiger partial charge in [0.2, 0.25) is 0 Å². The number of aliphatic carboxylic acids is 1. The zero-order valence-corrected chi connectivity index (χ0v) is 15.4. The molecule has 2 rings (SSSR count). The molecular formula is C21H26O5. The third-order valence-corrected chi connectivity index (χ3v) is 3.98. The van der Waals surface area contributed by atoms with E-state index in [-0.39, 0.29) is 25.0 Å². The molecule has 0 saturated heterocycles. The first kappa shape index (κ1) is 19.8. The fourth-order valence-electron chi connectivity index (χ4n) is 2.48. The number of carbonyl (C=O) groups is 1. The highest BCUT2D eigenvalue weighted by atomic mass is 16.5. The summed E-state index contributed by atoms with van der Waals surface area (Å²) in [6.07, 6.45) is -0.726. The molecule has 26 heavy (non-hydrogen) atoms. The van der Waals surface area contributed by atoms with E-state index in [0.29, 0.717) is 11.5 Å². The number of hydrogen-bond acceptors (Lipinski definition) is 4. The summed E-state index contributed by atoms with van der Waals surface area (Å²) in [6.45, 7) is 6.54. The maximum Gasteiger partial charge on any atom is 0.345 e. The van der Waals surface area contributed by atoms with Crippen LogP contribution in [0.5, 0.6) is 11.5 Å². The lowest BCUT2D eigenvalue weighted by molar-refractivity contribution is -0.145. The Kier molecular flexibility index (Phi) is 6.64. The second kappa shape index (κ2) is 8.72. The Balaban J connectivity index is 2.03. The molecule has 0 saturated carbocycles. The van der Waals surface area contributed by atoms with Gasteiger partial charge in [-0.05, 0) is 40.8 Å². The van der Waals surface area contributed by atoms with E-state index < -0.39 is 12.1 Å².